The fourth-order valence-electron chi connectivity index (χ4n) is 1.46. The molecule has 0 unspecified atom stereocenters. The fraction of sp³-hybridized carbons (Fsp3) is 0.250. The van der Waals surface area contributed by atoms with Gasteiger partial charge in [-0.25, -0.2) is 8.78 Å². The molecule has 0 radical (unpaired) electrons. The summed E-state index contributed by atoms with van der Waals surface area (Å²) in [5, 5.41) is 3.12. The molecule has 0 saturated heterocycles. The summed E-state index contributed by atoms with van der Waals surface area (Å²) in [5.74, 6) is -3.56. The second kappa shape index (κ2) is 4.99. The second-order valence-electron chi connectivity index (χ2n) is 3.89. The molecule has 18 heavy (non-hydrogen) atoms. The number of carbonyl (C=O) groups is 1. The Morgan fingerprint density at radius 1 is 1.39 bits per heavy atom. The van der Waals surface area contributed by atoms with E-state index in [1.807, 2.05) is 24.3 Å². The van der Waals surface area contributed by atoms with Gasteiger partial charge >= 0.3 is 0 Å². The molecule has 1 heterocycles. The molecule has 1 aromatic carbocycles. The first-order chi connectivity index (χ1) is 8.52. The quantitative estimate of drug-likeness (QED) is 0.895. The summed E-state index contributed by atoms with van der Waals surface area (Å²) in [5.41, 5.74) is 4.89. The van der Waals surface area contributed by atoms with Gasteiger partial charge in [-0.15, -0.1) is 11.3 Å². The number of thiophene rings is 1. The molecule has 0 aliphatic rings. The SMILES string of the molecule is NCC(F)(F)CNC(=O)c1cc2ccccc2s1. The second-order valence-corrected chi connectivity index (χ2v) is 4.98. The van der Waals surface area contributed by atoms with Crippen LogP contribution in [0.2, 0.25) is 0 Å². The number of amides is 1. The number of alkyl halides is 2. The highest BCUT2D eigenvalue weighted by molar-refractivity contribution is 7.20. The Morgan fingerprint density at radius 3 is 2.78 bits per heavy atom. The molecular weight excluding hydrogens is 258 g/mol. The molecule has 0 aliphatic carbocycles. The minimum atomic E-state index is -3.06. The number of halogens is 2. The van der Waals surface area contributed by atoms with Crippen molar-refractivity contribution < 1.29 is 13.6 Å². The monoisotopic (exact) mass is 270 g/mol. The van der Waals surface area contributed by atoms with E-state index in [1.54, 1.807) is 6.07 Å². The molecule has 6 heteroatoms. The molecule has 1 amide bonds. The van der Waals surface area contributed by atoms with E-state index < -0.39 is 24.9 Å². The van der Waals surface area contributed by atoms with Gasteiger partial charge in [0, 0.05) is 4.70 Å². The standard InChI is InChI=1S/C12H12F2N2OS/c13-12(14,6-15)7-16-11(17)10-5-8-3-1-2-4-9(8)18-10/h1-5H,6-7,15H2,(H,16,17). The largest absolute Gasteiger partial charge is 0.345 e. The summed E-state index contributed by atoms with van der Waals surface area (Å²) >= 11 is 1.28. The number of carbonyl (C=O) groups excluding carboxylic acids is 1. The third-order valence-corrected chi connectivity index (χ3v) is 3.57. The average molecular weight is 270 g/mol. The molecule has 0 fully saturated rings. The molecule has 0 saturated carbocycles. The Labute approximate surface area is 107 Å². The predicted molar refractivity (Wildman–Crippen MR) is 68.2 cm³/mol. The number of rotatable bonds is 4. The number of hydrogen-bond acceptors (Lipinski definition) is 3. The maximum atomic E-state index is 12.9. The predicted octanol–water partition coefficient (Wildman–Crippen LogP) is 2.23. The summed E-state index contributed by atoms with van der Waals surface area (Å²) < 4.78 is 26.7. The maximum Gasteiger partial charge on any atom is 0.277 e. The van der Waals surface area contributed by atoms with E-state index in [0.29, 0.717) is 4.88 Å². The molecule has 1 aromatic heterocycles. The molecule has 0 aliphatic heterocycles. The van der Waals surface area contributed by atoms with Crippen molar-refractivity contribution in [2.24, 2.45) is 5.73 Å². The minimum Gasteiger partial charge on any atom is -0.345 e. The van der Waals surface area contributed by atoms with Crippen molar-refractivity contribution in [1.82, 2.24) is 5.32 Å². The van der Waals surface area contributed by atoms with Crippen LogP contribution in [0.15, 0.2) is 30.3 Å². The lowest BCUT2D eigenvalue weighted by Gasteiger charge is -2.13. The van der Waals surface area contributed by atoms with Crippen LogP contribution in [0.4, 0.5) is 8.78 Å². The molecular formula is C12H12F2N2OS. The Bertz CT molecular complexity index is 535. The molecule has 2 rings (SSSR count). The Hall–Kier alpha value is -1.53. The number of fused-ring (bicyclic) bond motifs is 1. The van der Waals surface area contributed by atoms with Gasteiger partial charge in [0.05, 0.1) is 18.0 Å². The van der Waals surface area contributed by atoms with Gasteiger partial charge in [0.25, 0.3) is 11.8 Å². The van der Waals surface area contributed by atoms with Gasteiger partial charge in [-0.3, -0.25) is 4.79 Å². The molecule has 0 atom stereocenters. The third kappa shape index (κ3) is 2.83. The lowest BCUT2D eigenvalue weighted by Crippen LogP contribution is -2.41. The first-order valence-corrected chi connectivity index (χ1v) is 6.18. The fourth-order valence-corrected chi connectivity index (χ4v) is 2.44. The van der Waals surface area contributed by atoms with Crippen LogP contribution in [0.5, 0.6) is 0 Å². The number of nitrogens with two attached hydrogens (primary N) is 1. The van der Waals surface area contributed by atoms with Gasteiger partial charge < -0.3 is 11.1 Å². The van der Waals surface area contributed by atoms with Crippen molar-refractivity contribution in [3.8, 4) is 0 Å². The summed E-state index contributed by atoms with van der Waals surface area (Å²) in [6, 6.07) is 9.17. The lowest BCUT2D eigenvalue weighted by atomic mass is 10.2. The van der Waals surface area contributed by atoms with Gasteiger partial charge in [-0.1, -0.05) is 18.2 Å². The van der Waals surface area contributed by atoms with E-state index in [4.69, 9.17) is 5.73 Å². The molecule has 3 N–H and O–H groups in total. The summed E-state index contributed by atoms with van der Waals surface area (Å²) in [7, 11) is 0. The van der Waals surface area contributed by atoms with Crippen LogP contribution >= 0.6 is 11.3 Å². The van der Waals surface area contributed by atoms with Crippen molar-refractivity contribution >= 4 is 27.3 Å². The average Bonchev–Trinajstić information content (AvgIpc) is 2.80. The Morgan fingerprint density at radius 2 is 2.11 bits per heavy atom. The highest BCUT2D eigenvalue weighted by Crippen LogP contribution is 2.25. The maximum absolute atomic E-state index is 12.9. The van der Waals surface area contributed by atoms with E-state index in [0.717, 1.165) is 10.1 Å². The number of hydrogen-bond donors (Lipinski definition) is 2. The van der Waals surface area contributed by atoms with E-state index >= 15 is 0 Å². The zero-order chi connectivity index (χ0) is 13.2. The van der Waals surface area contributed by atoms with E-state index in [2.05, 4.69) is 5.32 Å². The molecule has 96 valence electrons. The molecule has 0 bridgehead atoms. The van der Waals surface area contributed by atoms with E-state index in [9.17, 15) is 13.6 Å². The first kappa shape index (κ1) is 12.9. The van der Waals surface area contributed by atoms with Gasteiger partial charge in [0.15, 0.2) is 0 Å². The molecule has 3 nitrogen and oxygen atoms in total. The van der Waals surface area contributed by atoms with Crippen LogP contribution in [0, 0.1) is 0 Å². The third-order valence-electron chi connectivity index (χ3n) is 2.46. The van der Waals surface area contributed by atoms with Crippen LogP contribution in [0.25, 0.3) is 10.1 Å². The Balaban J connectivity index is 2.09. The topological polar surface area (TPSA) is 55.1 Å². The zero-order valence-electron chi connectivity index (χ0n) is 9.45. The van der Waals surface area contributed by atoms with Crippen LogP contribution < -0.4 is 11.1 Å². The smallest absolute Gasteiger partial charge is 0.277 e. The van der Waals surface area contributed by atoms with Crippen LogP contribution in [-0.4, -0.2) is 24.9 Å². The van der Waals surface area contributed by atoms with Gasteiger partial charge in [-0.05, 0) is 17.5 Å². The zero-order valence-corrected chi connectivity index (χ0v) is 10.3. The van der Waals surface area contributed by atoms with E-state index in [-0.39, 0.29) is 0 Å². The van der Waals surface area contributed by atoms with Crippen molar-refractivity contribution in [3.63, 3.8) is 0 Å². The van der Waals surface area contributed by atoms with Gasteiger partial charge in [0.1, 0.15) is 0 Å². The summed E-state index contributed by atoms with van der Waals surface area (Å²) in [6.07, 6.45) is 0. The lowest BCUT2D eigenvalue weighted by molar-refractivity contribution is 0.0119. The first-order valence-electron chi connectivity index (χ1n) is 5.36. The number of nitrogens with one attached hydrogen (secondary N) is 1. The highest BCUT2D eigenvalue weighted by atomic mass is 32.1. The van der Waals surface area contributed by atoms with Gasteiger partial charge in [-0.2, -0.15) is 0 Å². The highest BCUT2D eigenvalue weighted by Gasteiger charge is 2.27. The van der Waals surface area contributed by atoms with Crippen molar-refractivity contribution in [1.29, 1.82) is 0 Å². The normalized spacial score (nSPS) is 11.7. The van der Waals surface area contributed by atoms with Crippen molar-refractivity contribution in [3.05, 3.63) is 35.2 Å². The van der Waals surface area contributed by atoms with Crippen LogP contribution in [-0.2, 0) is 0 Å². The van der Waals surface area contributed by atoms with Crippen molar-refractivity contribution in [2.45, 2.75) is 5.92 Å². The molecule has 0 spiro atoms. The summed E-state index contributed by atoms with van der Waals surface area (Å²) in [4.78, 5) is 12.1. The minimum absolute atomic E-state index is 0.420. The van der Waals surface area contributed by atoms with Crippen LogP contribution in [0.1, 0.15) is 9.67 Å². The number of benzene rings is 1. The molecule has 2 aromatic rings. The van der Waals surface area contributed by atoms with Crippen LogP contribution in [0.3, 0.4) is 0 Å². The summed E-state index contributed by atoms with van der Waals surface area (Å²) in [6.45, 7) is -1.52. The van der Waals surface area contributed by atoms with Crippen molar-refractivity contribution in [2.75, 3.05) is 13.1 Å². The Kier molecular flexibility index (Phi) is 3.58. The van der Waals surface area contributed by atoms with Gasteiger partial charge in [0.2, 0.25) is 0 Å². The van der Waals surface area contributed by atoms with E-state index in [1.165, 1.54) is 11.3 Å².